The molecule has 2 saturated heterocycles. The number of methoxy groups -OCH3 is 1. The molecule has 0 bridgehead atoms. The van der Waals surface area contributed by atoms with Crippen LogP contribution in [0.25, 0.3) is 22.0 Å². The zero-order valence-corrected chi connectivity index (χ0v) is 26.3. The molecule has 9 nitrogen and oxygen atoms in total. The Bertz CT molecular complexity index is 1530. The number of alkyl carbamates (subject to hydrolysis) is 1. The standard InChI is InChI=1S/C33H43BN4O5/c1-20(2)25(37-30(40)41-7)16-28(39)38-19-33(12-13-33)17-27(38)29-35-18-26(36-29)23-9-8-22-15-24(11-10-21(22)14-23)34-42-31(3,4)32(5,6)43-34/h8-11,14-15,18,20,25,27H,12-13,16-17,19H2,1-7H3,(H,35,36)(H,37,40)/t25-,27+/m1/s1. The van der Waals surface area contributed by atoms with E-state index in [1.807, 2.05) is 24.9 Å². The van der Waals surface area contributed by atoms with E-state index in [2.05, 4.69) is 74.4 Å². The first-order valence-electron chi connectivity index (χ1n) is 15.4. The van der Waals surface area contributed by atoms with Gasteiger partial charge in [-0.15, -0.1) is 0 Å². The number of likely N-dealkylation sites (tertiary alicyclic amines) is 1. The van der Waals surface area contributed by atoms with Gasteiger partial charge in [0.05, 0.1) is 36.2 Å². The Morgan fingerprint density at radius 3 is 2.42 bits per heavy atom. The highest BCUT2D eigenvalue weighted by atomic mass is 16.7. The fourth-order valence-corrected chi connectivity index (χ4v) is 6.28. The van der Waals surface area contributed by atoms with Crippen molar-refractivity contribution in [1.29, 1.82) is 0 Å². The van der Waals surface area contributed by atoms with Crippen molar-refractivity contribution >= 4 is 35.4 Å². The van der Waals surface area contributed by atoms with E-state index >= 15 is 0 Å². The van der Waals surface area contributed by atoms with Gasteiger partial charge in [-0.3, -0.25) is 4.79 Å². The number of fused-ring (bicyclic) bond motifs is 1. The van der Waals surface area contributed by atoms with Crippen LogP contribution in [0, 0.1) is 11.3 Å². The van der Waals surface area contributed by atoms with Crippen LogP contribution in [-0.4, -0.2) is 64.9 Å². The maximum absolute atomic E-state index is 13.6. The summed E-state index contributed by atoms with van der Waals surface area (Å²) < 4.78 is 17.3. The smallest absolute Gasteiger partial charge is 0.453 e. The normalized spacial score (nSPS) is 22.4. The highest BCUT2D eigenvalue weighted by Gasteiger charge is 2.54. The van der Waals surface area contributed by atoms with Crippen LogP contribution in [0.3, 0.4) is 0 Å². The molecule has 10 heteroatoms. The molecular formula is C33H43BN4O5. The number of nitrogens with one attached hydrogen (secondary N) is 2. The average molecular weight is 587 g/mol. The number of aromatic amines is 1. The predicted molar refractivity (Wildman–Crippen MR) is 167 cm³/mol. The molecule has 43 heavy (non-hydrogen) atoms. The van der Waals surface area contributed by atoms with E-state index in [0.29, 0.717) is 0 Å². The molecule has 3 aromatic rings. The fraction of sp³-hybridized carbons (Fsp3) is 0.545. The van der Waals surface area contributed by atoms with E-state index in [1.54, 1.807) is 0 Å². The average Bonchev–Trinajstić information content (AvgIpc) is 3.27. The number of nitrogens with zero attached hydrogens (tertiary/aromatic N) is 2. The van der Waals surface area contributed by atoms with Crippen LogP contribution in [0.1, 0.15) is 79.1 Å². The molecule has 3 heterocycles. The number of amides is 2. The second kappa shape index (κ2) is 10.7. The number of carbonyl (C=O) groups is 2. The first-order valence-corrected chi connectivity index (χ1v) is 15.4. The van der Waals surface area contributed by atoms with Gasteiger partial charge in [0.1, 0.15) is 5.82 Å². The Kier molecular flexibility index (Phi) is 7.36. The molecule has 2 aromatic carbocycles. The van der Waals surface area contributed by atoms with Crippen LogP contribution in [-0.2, 0) is 18.8 Å². The Morgan fingerprint density at radius 2 is 1.77 bits per heavy atom. The summed E-state index contributed by atoms with van der Waals surface area (Å²) in [6.07, 6.45) is 4.75. The summed E-state index contributed by atoms with van der Waals surface area (Å²) in [6.45, 7) is 13.0. The van der Waals surface area contributed by atoms with Gasteiger partial charge in [0.25, 0.3) is 0 Å². The van der Waals surface area contributed by atoms with E-state index in [9.17, 15) is 9.59 Å². The summed E-state index contributed by atoms with van der Waals surface area (Å²) in [5.74, 6) is 0.936. The maximum atomic E-state index is 13.6. The van der Waals surface area contributed by atoms with Crippen LogP contribution < -0.4 is 10.8 Å². The van der Waals surface area contributed by atoms with Crippen molar-refractivity contribution in [3.8, 4) is 11.3 Å². The molecule has 1 saturated carbocycles. The van der Waals surface area contributed by atoms with Crippen LogP contribution in [0.4, 0.5) is 4.79 Å². The lowest BCUT2D eigenvalue weighted by molar-refractivity contribution is -0.133. The molecule has 3 fully saturated rings. The number of H-pyrrole nitrogens is 1. The summed E-state index contributed by atoms with van der Waals surface area (Å²) in [7, 11) is 0.938. The van der Waals surface area contributed by atoms with E-state index in [-0.39, 0.29) is 46.9 Å². The molecular weight excluding hydrogens is 543 g/mol. The number of hydrogen-bond acceptors (Lipinski definition) is 6. The summed E-state index contributed by atoms with van der Waals surface area (Å²) in [5, 5.41) is 5.05. The van der Waals surface area contributed by atoms with Crippen molar-refractivity contribution in [3.63, 3.8) is 0 Å². The van der Waals surface area contributed by atoms with Crippen molar-refractivity contribution in [2.45, 2.75) is 90.5 Å². The van der Waals surface area contributed by atoms with E-state index in [0.717, 1.165) is 59.1 Å². The first-order chi connectivity index (χ1) is 20.3. The molecule has 6 rings (SSSR count). The molecule has 2 amide bonds. The second-order valence-corrected chi connectivity index (χ2v) is 14.0. The van der Waals surface area contributed by atoms with Crippen molar-refractivity contribution in [2.75, 3.05) is 13.7 Å². The lowest BCUT2D eigenvalue weighted by Crippen LogP contribution is -2.43. The Morgan fingerprint density at radius 1 is 1.09 bits per heavy atom. The van der Waals surface area contributed by atoms with Crippen molar-refractivity contribution in [3.05, 3.63) is 48.4 Å². The number of hydrogen-bond donors (Lipinski definition) is 2. The van der Waals surface area contributed by atoms with Gasteiger partial charge in [-0.25, -0.2) is 9.78 Å². The quantitative estimate of drug-likeness (QED) is 0.362. The molecule has 2 aliphatic heterocycles. The van der Waals surface area contributed by atoms with Crippen LogP contribution >= 0.6 is 0 Å². The number of carbonyl (C=O) groups excluding carboxylic acids is 2. The third-order valence-corrected chi connectivity index (χ3v) is 10.1. The van der Waals surface area contributed by atoms with Gasteiger partial charge in [-0.2, -0.15) is 0 Å². The van der Waals surface area contributed by atoms with Gasteiger partial charge < -0.3 is 29.2 Å². The lowest BCUT2D eigenvalue weighted by Gasteiger charge is -2.32. The monoisotopic (exact) mass is 586 g/mol. The van der Waals surface area contributed by atoms with Gasteiger partial charge in [-0.1, -0.05) is 44.2 Å². The number of aromatic nitrogens is 2. The van der Waals surface area contributed by atoms with E-state index in [1.165, 1.54) is 7.11 Å². The molecule has 0 unspecified atom stereocenters. The molecule has 1 spiro atoms. The van der Waals surface area contributed by atoms with Gasteiger partial charge in [-0.05, 0) is 80.6 Å². The van der Waals surface area contributed by atoms with Gasteiger partial charge in [0.2, 0.25) is 5.91 Å². The molecule has 2 N–H and O–H groups in total. The SMILES string of the molecule is COC(=O)N[C@H](CC(=O)N1CC2(CC2)C[C@H]1c1ncc(-c2ccc3cc(B4OC(C)(C)C(C)(C)O4)ccc3c2)[nH]1)C(C)C. The second-order valence-electron chi connectivity index (χ2n) is 14.0. The Hall–Kier alpha value is -3.37. The minimum Gasteiger partial charge on any atom is -0.453 e. The van der Waals surface area contributed by atoms with Crippen LogP contribution in [0.5, 0.6) is 0 Å². The van der Waals surface area contributed by atoms with Crippen LogP contribution in [0.15, 0.2) is 42.6 Å². The largest absolute Gasteiger partial charge is 0.494 e. The molecule has 0 radical (unpaired) electrons. The van der Waals surface area contributed by atoms with Gasteiger partial charge >= 0.3 is 13.2 Å². The predicted octanol–water partition coefficient (Wildman–Crippen LogP) is 5.35. The highest BCUT2D eigenvalue weighted by Crippen LogP contribution is 2.58. The molecule has 3 aliphatic rings. The minimum absolute atomic E-state index is 0.0327. The summed E-state index contributed by atoms with van der Waals surface area (Å²) in [6, 6.07) is 12.3. The molecule has 228 valence electrons. The topological polar surface area (TPSA) is 106 Å². The molecule has 1 aromatic heterocycles. The van der Waals surface area contributed by atoms with Gasteiger partial charge in [0, 0.05) is 24.6 Å². The lowest BCUT2D eigenvalue weighted by atomic mass is 9.78. The minimum atomic E-state index is -0.515. The first kappa shape index (κ1) is 29.7. The van der Waals surface area contributed by atoms with Crippen LogP contribution in [0.2, 0.25) is 0 Å². The molecule has 1 aliphatic carbocycles. The zero-order chi connectivity index (χ0) is 30.7. The number of ether oxygens (including phenoxy) is 1. The number of benzene rings is 2. The summed E-state index contributed by atoms with van der Waals surface area (Å²) in [4.78, 5) is 35.8. The van der Waals surface area contributed by atoms with Gasteiger partial charge in [0.15, 0.2) is 0 Å². The van der Waals surface area contributed by atoms with Crippen molar-refractivity contribution in [2.24, 2.45) is 11.3 Å². The van der Waals surface area contributed by atoms with E-state index in [4.69, 9.17) is 19.0 Å². The molecule has 2 atom stereocenters. The summed E-state index contributed by atoms with van der Waals surface area (Å²) >= 11 is 0. The number of imidazole rings is 1. The third-order valence-electron chi connectivity index (χ3n) is 10.1. The highest BCUT2D eigenvalue weighted by molar-refractivity contribution is 6.62. The third kappa shape index (κ3) is 5.67. The fourth-order valence-electron chi connectivity index (χ4n) is 6.28. The number of rotatable bonds is 7. The van der Waals surface area contributed by atoms with E-state index < -0.39 is 13.2 Å². The zero-order valence-electron chi connectivity index (χ0n) is 26.3. The maximum Gasteiger partial charge on any atom is 0.494 e. The Balaban J connectivity index is 1.20. The summed E-state index contributed by atoms with van der Waals surface area (Å²) in [5.41, 5.74) is 2.38. The van der Waals surface area contributed by atoms with Crippen molar-refractivity contribution < 1.29 is 23.6 Å². The Labute approximate surface area is 254 Å². The van der Waals surface area contributed by atoms with Crippen molar-refractivity contribution in [1.82, 2.24) is 20.2 Å².